The van der Waals surface area contributed by atoms with Gasteiger partial charge in [0.1, 0.15) is 52.9 Å². The van der Waals surface area contributed by atoms with Crippen LogP contribution in [0.2, 0.25) is 0 Å². The molecule has 2 fully saturated rings. The Labute approximate surface area is 225 Å². The van der Waals surface area contributed by atoms with Gasteiger partial charge in [-0.2, -0.15) is 0 Å². The third-order valence-electron chi connectivity index (χ3n) is 6.87. The molecule has 7 N–H and O–H groups in total. The molecule has 2 saturated heterocycles. The van der Waals surface area contributed by atoms with Gasteiger partial charge < -0.3 is 64.2 Å². The van der Waals surface area contributed by atoms with Gasteiger partial charge >= 0.3 is 0 Å². The first-order chi connectivity index (χ1) is 19.0. The van der Waals surface area contributed by atoms with Crippen molar-refractivity contribution in [2.75, 3.05) is 19.8 Å². The third-order valence-corrected chi connectivity index (χ3v) is 6.87. The molecule has 3 heterocycles. The van der Waals surface area contributed by atoms with Crippen molar-refractivity contribution < 1.29 is 64.2 Å². The van der Waals surface area contributed by atoms with Gasteiger partial charge in [0, 0.05) is 17.7 Å². The zero-order chi connectivity index (χ0) is 28.8. The van der Waals surface area contributed by atoms with Crippen molar-refractivity contribution >= 4 is 11.0 Å². The van der Waals surface area contributed by atoms with Crippen LogP contribution in [-0.2, 0) is 14.2 Å². The lowest BCUT2D eigenvalue weighted by atomic mass is 9.98. The summed E-state index contributed by atoms with van der Waals surface area (Å²) in [7, 11) is 0. The molecule has 0 aliphatic carbocycles. The van der Waals surface area contributed by atoms with Crippen molar-refractivity contribution in [1.82, 2.24) is 0 Å². The van der Waals surface area contributed by atoms with E-state index in [2.05, 4.69) is 0 Å². The summed E-state index contributed by atoms with van der Waals surface area (Å²) < 4.78 is 27.9. The van der Waals surface area contributed by atoms with Gasteiger partial charge in [-0.3, -0.25) is 4.79 Å². The Hall–Kier alpha value is -3.31. The highest BCUT2D eigenvalue weighted by Crippen LogP contribution is 2.34. The summed E-state index contributed by atoms with van der Waals surface area (Å²) in [5.41, 5.74) is -2.37. The number of ether oxygens (including phenoxy) is 4. The van der Waals surface area contributed by atoms with E-state index >= 15 is 0 Å². The number of aliphatic hydroxyl groups is 6. The molecule has 40 heavy (non-hydrogen) atoms. The fourth-order valence-corrected chi connectivity index (χ4v) is 4.56. The van der Waals surface area contributed by atoms with Crippen LogP contribution in [-0.4, -0.2) is 104 Å². The van der Waals surface area contributed by atoms with E-state index in [1.165, 1.54) is 30.3 Å². The summed E-state index contributed by atoms with van der Waals surface area (Å²) in [6, 6.07) is 9.12. The highest BCUT2D eigenvalue weighted by molar-refractivity contribution is 5.85. The fraction of sp³-hybridized carbons (Fsp3) is 0.423. The van der Waals surface area contributed by atoms with Gasteiger partial charge in [0.15, 0.2) is 17.8 Å². The number of hydrogen-bond acceptors (Lipinski definition) is 14. The topological polar surface area (TPSA) is 232 Å². The van der Waals surface area contributed by atoms with Crippen LogP contribution in [0.3, 0.4) is 0 Å². The lowest BCUT2D eigenvalue weighted by molar-refractivity contribution is -0.319. The second-order valence-corrected chi connectivity index (χ2v) is 9.63. The smallest absolute Gasteiger partial charge is 0.229 e. The molecule has 0 amide bonds. The van der Waals surface area contributed by atoms with Crippen LogP contribution >= 0.6 is 0 Å². The molecule has 0 bridgehead atoms. The zero-order valence-electron chi connectivity index (χ0n) is 20.7. The van der Waals surface area contributed by atoms with E-state index < -0.39 is 79.7 Å². The van der Waals surface area contributed by atoms with Crippen LogP contribution in [0.15, 0.2) is 51.7 Å². The molecule has 2 aliphatic heterocycles. The van der Waals surface area contributed by atoms with Crippen molar-refractivity contribution in [1.29, 1.82) is 0 Å². The van der Waals surface area contributed by atoms with Crippen molar-refractivity contribution in [2.45, 2.75) is 48.7 Å². The number of rotatable bonds is 7. The Kier molecular flexibility index (Phi) is 7.71. The van der Waals surface area contributed by atoms with Crippen LogP contribution in [0.4, 0.5) is 0 Å². The fourth-order valence-electron chi connectivity index (χ4n) is 4.56. The summed E-state index contributed by atoms with van der Waals surface area (Å²) in [6.07, 6.45) is -11.3. The van der Waals surface area contributed by atoms with E-state index in [1.54, 1.807) is 0 Å². The van der Waals surface area contributed by atoms with E-state index in [0.717, 1.165) is 12.1 Å². The molecule has 3 aromatic rings. The van der Waals surface area contributed by atoms with Gasteiger partial charge in [-0.1, -0.05) is 5.75 Å². The Morgan fingerprint density at radius 3 is 2.40 bits per heavy atom. The summed E-state index contributed by atoms with van der Waals surface area (Å²) in [5.74, 6) is -0.846. The Bertz CT molecular complexity index is 1410. The molecule has 0 unspecified atom stereocenters. The molecular weight excluding hydrogens is 536 g/mol. The third kappa shape index (κ3) is 5.12. The average Bonchev–Trinajstić information content (AvgIpc) is 3.21. The van der Waals surface area contributed by atoms with Gasteiger partial charge in [-0.05, 0) is 30.3 Å². The molecule has 2 aliphatic rings. The summed E-state index contributed by atoms with van der Waals surface area (Å²) in [6.45, 7) is -2.08. The monoisotopic (exact) mass is 563 g/mol. The molecule has 14 nitrogen and oxygen atoms in total. The van der Waals surface area contributed by atoms with Crippen molar-refractivity contribution in [3.05, 3.63) is 52.7 Å². The lowest BCUT2D eigenvalue weighted by Gasteiger charge is -2.42. The SMILES string of the molecule is O=c1cc(-c2ccc(O)cc2)oc2cc(O[C@@H]3O[C@H](CO)[C@@H](O)[C@H](O)[C@H]3O[C@@H]3OC[C@](O)(CO)[C@H]3O)cc([O-])c12. The standard InChI is InChI=1S/C26H28O14/c27-8-18-20(32)21(33)22(40-25-23(34)26(35,9-28)10-36-25)24(39-18)37-13-5-14(30)19-15(31)7-16(38-17(19)6-13)11-1-3-12(29)4-2-11/h1-7,18,20-25,27-30,32-35H,8-10H2/p-1/t18-,20-,21+,22-,23+,24-,25+,26-/m1/s1. The second kappa shape index (κ2) is 10.9. The molecule has 14 heteroatoms. The molecule has 0 radical (unpaired) electrons. The highest BCUT2D eigenvalue weighted by Gasteiger charge is 2.53. The zero-order valence-corrected chi connectivity index (χ0v) is 20.7. The maximum Gasteiger partial charge on any atom is 0.229 e. The normalized spacial score (nSPS) is 32.4. The van der Waals surface area contributed by atoms with Crippen molar-refractivity contribution in [3.8, 4) is 28.6 Å². The Morgan fingerprint density at radius 2 is 1.75 bits per heavy atom. The van der Waals surface area contributed by atoms with E-state index in [4.69, 9.17) is 23.4 Å². The van der Waals surface area contributed by atoms with E-state index in [9.17, 15) is 45.6 Å². The first-order valence-corrected chi connectivity index (χ1v) is 12.2. The largest absolute Gasteiger partial charge is 0.872 e. The molecule has 216 valence electrons. The predicted molar refractivity (Wildman–Crippen MR) is 130 cm³/mol. The van der Waals surface area contributed by atoms with E-state index in [-0.39, 0.29) is 28.2 Å². The number of aromatic hydroxyl groups is 1. The minimum atomic E-state index is -2.05. The van der Waals surface area contributed by atoms with Crippen molar-refractivity contribution in [2.24, 2.45) is 0 Å². The highest BCUT2D eigenvalue weighted by atomic mass is 16.8. The van der Waals surface area contributed by atoms with Crippen LogP contribution < -0.4 is 15.3 Å². The maximum absolute atomic E-state index is 12.8. The number of phenols is 1. The number of hydrogen-bond donors (Lipinski definition) is 7. The minimum absolute atomic E-state index is 0.00118. The van der Waals surface area contributed by atoms with Crippen LogP contribution in [0, 0.1) is 0 Å². The summed E-state index contributed by atoms with van der Waals surface area (Å²) in [5, 5.41) is 82.8. The molecular formula is C26H27O14-. The molecule has 5 rings (SSSR count). The summed E-state index contributed by atoms with van der Waals surface area (Å²) in [4.78, 5) is 12.7. The minimum Gasteiger partial charge on any atom is -0.872 e. The summed E-state index contributed by atoms with van der Waals surface area (Å²) >= 11 is 0. The van der Waals surface area contributed by atoms with E-state index in [0.29, 0.717) is 5.56 Å². The second-order valence-electron chi connectivity index (χ2n) is 9.63. The lowest BCUT2D eigenvalue weighted by Crippen LogP contribution is -2.62. The molecule has 0 saturated carbocycles. The first-order valence-electron chi connectivity index (χ1n) is 12.2. The molecule has 8 atom stereocenters. The number of phenolic OH excluding ortho intramolecular Hbond substituents is 1. The van der Waals surface area contributed by atoms with Crippen LogP contribution in [0.5, 0.6) is 17.2 Å². The number of aliphatic hydroxyl groups excluding tert-OH is 5. The van der Waals surface area contributed by atoms with Gasteiger partial charge in [0.05, 0.1) is 25.2 Å². The van der Waals surface area contributed by atoms with E-state index in [1.807, 2.05) is 0 Å². The average molecular weight is 563 g/mol. The Balaban J connectivity index is 1.47. The number of fused-ring (bicyclic) bond motifs is 1. The van der Waals surface area contributed by atoms with Crippen LogP contribution in [0.1, 0.15) is 0 Å². The molecule has 1 aromatic heterocycles. The van der Waals surface area contributed by atoms with Gasteiger partial charge in [-0.25, -0.2) is 0 Å². The molecule has 0 spiro atoms. The predicted octanol–water partition coefficient (Wildman–Crippen LogP) is -2.12. The molecule has 2 aromatic carbocycles. The quantitative estimate of drug-likeness (QED) is 0.163. The van der Waals surface area contributed by atoms with Crippen molar-refractivity contribution in [3.63, 3.8) is 0 Å². The van der Waals surface area contributed by atoms with Gasteiger partial charge in [0.25, 0.3) is 0 Å². The van der Waals surface area contributed by atoms with Gasteiger partial charge in [0.2, 0.25) is 6.29 Å². The van der Waals surface area contributed by atoms with Crippen LogP contribution in [0.25, 0.3) is 22.3 Å². The Morgan fingerprint density at radius 1 is 1.02 bits per heavy atom. The maximum atomic E-state index is 12.8. The van der Waals surface area contributed by atoms with Gasteiger partial charge in [-0.15, -0.1) is 0 Å². The number of benzene rings is 2. The first kappa shape index (κ1) is 28.2.